The van der Waals surface area contributed by atoms with E-state index in [1.165, 1.54) is 0 Å². The lowest BCUT2D eigenvalue weighted by Gasteiger charge is -2.09. The summed E-state index contributed by atoms with van der Waals surface area (Å²) in [6.07, 6.45) is 0.322. The van der Waals surface area contributed by atoms with Gasteiger partial charge < -0.3 is 10.1 Å². The first-order chi connectivity index (χ1) is 4.70. The number of halogens is 1. The van der Waals surface area contributed by atoms with Gasteiger partial charge in [-0.15, -0.1) is 11.6 Å². The molecule has 1 atom stereocenters. The molecule has 0 radical (unpaired) electrons. The number of ether oxygens (including phenoxy) is 1. The van der Waals surface area contributed by atoms with Gasteiger partial charge in [-0.1, -0.05) is 6.92 Å². The minimum absolute atomic E-state index is 0.0387. The maximum Gasteiger partial charge on any atom is 0.408 e. The van der Waals surface area contributed by atoms with Gasteiger partial charge in [-0.05, 0) is 13.3 Å². The van der Waals surface area contributed by atoms with Crippen molar-refractivity contribution in [3.05, 3.63) is 0 Å². The van der Waals surface area contributed by atoms with Crippen LogP contribution in [0.3, 0.4) is 0 Å². The molecule has 1 unspecified atom stereocenters. The summed E-state index contributed by atoms with van der Waals surface area (Å²) < 4.78 is 4.81. The molecule has 0 aromatic rings. The van der Waals surface area contributed by atoms with Crippen LogP contribution >= 0.6 is 11.6 Å². The summed E-state index contributed by atoms with van der Waals surface area (Å²) >= 11 is 5.21. The highest BCUT2D eigenvalue weighted by Crippen LogP contribution is 1.95. The molecule has 1 amide bonds. The van der Waals surface area contributed by atoms with E-state index >= 15 is 0 Å². The van der Waals surface area contributed by atoms with E-state index < -0.39 is 6.09 Å². The molecular formula is C6H12ClNO2. The first-order valence-electron chi connectivity index (χ1n) is 3.21. The summed E-state index contributed by atoms with van der Waals surface area (Å²) in [5.41, 5.74) is 0. The minimum atomic E-state index is -0.454. The second kappa shape index (κ2) is 5.35. The molecular weight excluding hydrogens is 154 g/mol. The van der Waals surface area contributed by atoms with E-state index in [4.69, 9.17) is 16.3 Å². The Labute approximate surface area is 65.7 Å². The first kappa shape index (κ1) is 9.56. The molecule has 0 spiro atoms. The summed E-state index contributed by atoms with van der Waals surface area (Å²) in [5, 5.41) is 2.32. The highest BCUT2D eigenvalue weighted by Gasteiger charge is 2.04. The predicted molar refractivity (Wildman–Crippen MR) is 40.1 cm³/mol. The third-order valence-corrected chi connectivity index (χ3v) is 1.23. The summed E-state index contributed by atoms with van der Waals surface area (Å²) in [6, 6.07) is 0.0925. The van der Waals surface area contributed by atoms with E-state index in [2.05, 4.69) is 5.32 Å². The molecule has 0 fully saturated rings. The number of amides is 1. The molecule has 0 saturated carbocycles. The molecule has 60 valence electrons. The highest BCUT2D eigenvalue weighted by atomic mass is 35.5. The number of hydrogen-bond acceptors (Lipinski definition) is 2. The Morgan fingerprint density at radius 3 is 2.80 bits per heavy atom. The van der Waals surface area contributed by atoms with E-state index in [0.717, 1.165) is 6.42 Å². The summed E-state index contributed by atoms with van der Waals surface area (Å²) in [7, 11) is 0. The number of rotatable bonds is 3. The van der Waals surface area contributed by atoms with Crippen LogP contribution in [0, 0.1) is 0 Å². The van der Waals surface area contributed by atoms with Gasteiger partial charge in [0.15, 0.2) is 0 Å². The van der Waals surface area contributed by atoms with E-state index in [9.17, 15) is 4.79 Å². The van der Waals surface area contributed by atoms with Gasteiger partial charge in [0.1, 0.15) is 6.10 Å². The second-order valence-electron chi connectivity index (χ2n) is 1.93. The van der Waals surface area contributed by atoms with Crippen molar-refractivity contribution in [1.29, 1.82) is 0 Å². The Kier molecular flexibility index (Phi) is 5.12. The van der Waals surface area contributed by atoms with E-state index in [0.29, 0.717) is 0 Å². The third kappa shape index (κ3) is 4.44. The Bertz CT molecular complexity index is 108. The van der Waals surface area contributed by atoms with E-state index in [-0.39, 0.29) is 12.1 Å². The van der Waals surface area contributed by atoms with E-state index in [1.54, 1.807) is 0 Å². The fourth-order valence-corrected chi connectivity index (χ4v) is 0.471. The SMILES string of the molecule is CCC(C)OC(=O)NCCl. The average molecular weight is 166 g/mol. The molecule has 0 aromatic heterocycles. The van der Waals surface area contributed by atoms with Crippen LogP contribution in [0.4, 0.5) is 4.79 Å². The lowest BCUT2D eigenvalue weighted by atomic mass is 10.3. The Morgan fingerprint density at radius 2 is 2.40 bits per heavy atom. The zero-order chi connectivity index (χ0) is 7.98. The number of alkyl halides is 1. The number of nitrogens with one attached hydrogen (secondary N) is 1. The number of hydrogen-bond donors (Lipinski definition) is 1. The van der Waals surface area contributed by atoms with Crippen LogP contribution in [0.1, 0.15) is 20.3 Å². The molecule has 1 N–H and O–H groups in total. The molecule has 0 bridgehead atoms. The fraction of sp³-hybridized carbons (Fsp3) is 0.833. The minimum Gasteiger partial charge on any atom is -0.447 e. The quantitative estimate of drug-likeness (QED) is 0.511. The second-order valence-corrected chi connectivity index (χ2v) is 2.20. The van der Waals surface area contributed by atoms with Crippen molar-refractivity contribution in [2.24, 2.45) is 0 Å². The van der Waals surface area contributed by atoms with Crippen molar-refractivity contribution in [1.82, 2.24) is 5.32 Å². The summed E-state index contributed by atoms with van der Waals surface area (Å²) in [4.78, 5) is 10.6. The maximum absolute atomic E-state index is 10.6. The predicted octanol–water partition coefficient (Wildman–Crippen LogP) is 1.71. The summed E-state index contributed by atoms with van der Waals surface area (Å²) in [5.74, 6) is 0. The van der Waals surface area contributed by atoms with Gasteiger partial charge in [0.2, 0.25) is 0 Å². The molecule has 3 nitrogen and oxygen atoms in total. The van der Waals surface area contributed by atoms with Crippen LogP contribution in [0.25, 0.3) is 0 Å². The molecule has 0 saturated heterocycles. The lowest BCUT2D eigenvalue weighted by Crippen LogP contribution is -2.26. The third-order valence-electron chi connectivity index (χ3n) is 1.09. The molecule has 0 aliphatic heterocycles. The first-order valence-corrected chi connectivity index (χ1v) is 3.74. The van der Waals surface area contributed by atoms with Crippen LogP contribution in [-0.4, -0.2) is 18.2 Å². The van der Waals surface area contributed by atoms with Crippen molar-refractivity contribution in [3.8, 4) is 0 Å². The van der Waals surface area contributed by atoms with Crippen LogP contribution < -0.4 is 5.32 Å². The van der Waals surface area contributed by atoms with Gasteiger partial charge in [-0.2, -0.15) is 0 Å². The number of alkyl carbamates (subject to hydrolysis) is 1. The average Bonchev–Trinajstić information content (AvgIpc) is 1.88. The van der Waals surface area contributed by atoms with Gasteiger partial charge in [-0.3, -0.25) is 0 Å². The molecule has 0 aromatic carbocycles. The van der Waals surface area contributed by atoms with Crippen molar-refractivity contribution >= 4 is 17.7 Å². The largest absolute Gasteiger partial charge is 0.447 e. The lowest BCUT2D eigenvalue weighted by molar-refractivity contribution is 0.106. The molecule has 0 aliphatic carbocycles. The summed E-state index contributed by atoms with van der Waals surface area (Å²) in [6.45, 7) is 3.77. The van der Waals surface area contributed by atoms with Gasteiger partial charge in [-0.25, -0.2) is 4.79 Å². The van der Waals surface area contributed by atoms with Crippen LogP contribution in [0.15, 0.2) is 0 Å². The topological polar surface area (TPSA) is 38.3 Å². The smallest absolute Gasteiger partial charge is 0.408 e. The van der Waals surface area contributed by atoms with Gasteiger partial charge in [0, 0.05) is 0 Å². The van der Waals surface area contributed by atoms with Crippen LogP contribution in [0.2, 0.25) is 0 Å². The Morgan fingerprint density at radius 1 is 1.80 bits per heavy atom. The normalized spacial score (nSPS) is 12.3. The van der Waals surface area contributed by atoms with Crippen molar-refractivity contribution in [2.45, 2.75) is 26.4 Å². The number of carbonyl (C=O) groups is 1. The van der Waals surface area contributed by atoms with Crippen LogP contribution in [-0.2, 0) is 4.74 Å². The van der Waals surface area contributed by atoms with E-state index in [1.807, 2.05) is 13.8 Å². The Balaban J connectivity index is 3.37. The molecule has 0 rings (SSSR count). The standard InChI is InChI=1S/C6H12ClNO2/c1-3-5(2)10-6(9)8-4-7/h5H,3-4H2,1-2H3,(H,8,9). The monoisotopic (exact) mass is 165 g/mol. The fourth-order valence-electron chi connectivity index (χ4n) is 0.362. The molecule has 0 heterocycles. The molecule has 0 aliphatic rings. The van der Waals surface area contributed by atoms with Gasteiger partial charge >= 0.3 is 6.09 Å². The van der Waals surface area contributed by atoms with Gasteiger partial charge in [0.25, 0.3) is 0 Å². The molecule has 10 heavy (non-hydrogen) atoms. The zero-order valence-corrected chi connectivity index (χ0v) is 6.94. The number of carbonyl (C=O) groups excluding carboxylic acids is 1. The zero-order valence-electron chi connectivity index (χ0n) is 6.19. The maximum atomic E-state index is 10.6. The van der Waals surface area contributed by atoms with Gasteiger partial charge in [0.05, 0.1) is 6.00 Å². The highest BCUT2D eigenvalue weighted by molar-refractivity contribution is 6.18. The van der Waals surface area contributed by atoms with Crippen molar-refractivity contribution < 1.29 is 9.53 Å². The van der Waals surface area contributed by atoms with Crippen LogP contribution in [0.5, 0.6) is 0 Å². The van der Waals surface area contributed by atoms with Crippen molar-refractivity contribution in [3.63, 3.8) is 0 Å². The Hall–Kier alpha value is -0.440. The van der Waals surface area contributed by atoms with Crippen molar-refractivity contribution in [2.75, 3.05) is 6.00 Å². The molecule has 4 heteroatoms.